The Morgan fingerprint density at radius 2 is 2.21 bits per heavy atom. The number of hydrogen-bond acceptors (Lipinski definition) is 5. The summed E-state index contributed by atoms with van der Waals surface area (Å²) in [6.45, 7) is 3.19. The largest absolute Gasteiger partial charge is 0.281 e. The predicted octanol–water partition coefficient (Wildman–Crippen LogP) is 1.30. The number of halogens is 1. The van der Waals surface area contributed by atoms with Crippen molar-refractivity contribution in [3.8, 4) is 0 Å². The summed E-state index contributed by atoms with van der Waals surface area (Å²) in [4.78, 5) is 1.99. The van der Waals surface area contributed by atoms with Crippen LogP contribution in [0.15, 0.2) is 0 Å². The third-order valence-corrected chi connectivity index (χ3v) is 6.48. The van der Waals surface area contributed by atoms with Crippen molar-refractivity contribution in [2.24, 2.45) is 7.05 Å². The first-order valence-electron chi connectivity index (χ1n) is 5.99. The molecule has 2 rings (SSSR count). The number of aryl methyl sites for hydroxylation is 2. The topological polar surface area (TPSA) is 55.2 Å². The number of aromatic nitrogens is 2. The number of nitrogens with zero attached hydrogens (tertiary/aromatic N) is 3. The first-order chi connectivity index (χ1) is 8.80. The zero-order chi connectivity index (χ0) is 14.2. The molecule has 1 fully saturated rings. The zero-order valence-corrected chi connectivity index (χ0v) is 13.6. The van der Waals surface area contributed by atoms with E-state index in [0.717, 1.165) is 23.6 Å². The molecule has 5 nitrogen and oxygen atoms in total. The van der Waals surface area contributed by atoms with Crippen LogP contribution in [0.4, 0.5) is 0 Å². The highest BCUT2D eigenvalue weighted by molar-refractivity contribution is 8.00. The van der Waals surface area contributed by atoms with Gasteiger partial charge in [-0.1, -0.05) is 11.6 Å². The molecule has 0 saturated carbocycles. The van der Waals surface area contributed by atoms with Gasteiger partial charge in [0, 0.05) is 43.5 Å². The molecule has 1 atom stereocenters. The fourth-order valence-corrected chi connectivity index (χ4v) is 5.42. The molecule has 1 aromatic heterocycles. The minimum absolute atomic E-state index is 0.429. The van der Waals surface area contributed by atoms with Crippen molar-refractivity contribution in [2.75, 3.05) is 24.3 Å². The van der Waals surface area contributed by atoms with Crippen LogP contribution in [0.25, 0.3) is 0 Å². The van der Waals surface area contributed by atoms with E-state index >= 15 is 0 Å². The maximum atomic E-state index is 11.9. The van der Waals surface area contributed by atoms with E-state index in [1.54, 1.807) is 23.5 Å². The van der Waals surface area contributed by atoms with Gasteiger partial charge in [0.2, 0.25) is 0 Å². The Hall–Kier alpha value is -0.240. The van der Waals surface area contributed by atoms with Gasteiger partial charge >= 0.3 is 0 Å². The first kappa shape index (κ1) is 15.2. The SMILES string of the molecule is Cc1nn(C)c(Cl)c1CN1CCSCC1S(C)(=O)=O. The average molecular weight is 324 g/mol. The summed E-state index contributed by atoms with van der Waals surface area (Å²) >= 11 is 7.90. The molecule has 0 N–H and O–H groups in total. The van der Waals surface area contributed by atoms with Crippen molar-refractivity contribution in [3.05, 3.63) is 16.4 Å². The number of thioether (sulfide) groups is 1. The number of hydrogen-bond donors (Lipinski definition) is 0. The number of sulfone groups is 1. The van der Waals surface area contributed by atoms with Crippen molar-refractivity contribution >= 4 is 33.2 Å². The predicted molar refractivity (Wildman–Crippen MR) is 79.3 cm³/mol. The van der Waals surface area contributed by atoms with Crippen LogP contribution in [0, 0.1) is 6.92 Å². The van der Waals surface area contributed by atoms with E-state index in [1.807, 2.05) is 11.8 Å². The molecule has 0 spiro atoms. The molecule has 0 amide bonds. The molecule has 2 heterocycles. The summed E-state index contributed by atoms with van der Waals surface area (Å²) in [5.74, 6) is 1.57. The molecule has 1 aliphatic heterocycles. The minimum atomic E-state index is -3.08. The average Bonchev–Trinajstić information content (AvgIpc) is 2.55. The summed E-state index contributed by atoms with van der Waals surface area (Å²) in [5.41, 5.74) is 1.78. The lowest BCUT2D eigenvalue weighted by Gasteiger charge is -2.33. The van der Waals surface area contributed by atoms with Crippen molar-refractivity contribution in [3.63, 3.8) is 0 Å². The zero-order valence-electron chi connectivity index (χ0n) is 11.3. The lowest BCUT2D eigenvalue weighted by molar-refractivity contribution is 0.262. The van der Waals surface area contributed by atoms with E-state index in [4.69, 9.17) is 11.6 Å². The third-order valence-electron chi connectivity index (χ3n) is 3.32. The summed E-state index contributed by atoms with van der Waals surface area (Å²) in [6.07, 6.45) is 1.30. The summed E-state index contributed by atoms with van der Waals surface area (Å²) in [5, 5.41) is 4.42. The molecule has 0 radical (unpaired) electrons. The lowest BCUT2D eigenvalue weighted by Crippen LogP contribution is -2.46. The molecule has 1 aliphatic rings. The lowest BCUT2D eigenvalue weighted by atomic mass is 10.2. The molecule has 1 saturated heterocycles. The molecule has 0 aromatic carbocycles. The highest BCUT2D eigenvalue weighted by atomic mass is 35.5. The van der Waals surface area contributed by atoms with E-state index < -0.39 is 15.2 Å². The molecule has 108 valence electrons. The van der Waals surface area contributed by atoms with Gasteiger partial charge in [-0.3, -0.25) is 9.58 Å². The Labute approximate surface area is 123 Å². The smallest absolute Gasteiger partial charge is 0.164 e. The van der Waals surface area contributed by atoms with Crippen LogP contribution in [0.2, 0.25) is 5.15 Å². The number of rotatable bonds is 3. The van der Waals surface area contributed by atoms with E-state index in [1.165, 1.54) is 6.26 Å². The summed E-state index contributed by atoms with van der Waals surface area (Å²) in [7, 11) is -1.29. The highest BCUT2D eigenvalue weighted by Gasteiger charge is 2.32. The van der Waals surface area contributed by atoms with Crippen LogP contribution in [0.1, 0.15) is 11.3 Å². The Bertz CT molecular complexity index is 571. The van der Waals surface area contributed by atoms with Crippen molar-refractivity contribution in [1.82, 2.24) is 14.7 Å². The normalized spacial score (nSPS) is 21.8. The monoisotopic (exact) mass is 323 g/mol. The van der Waals surface area contributed by atoms with Gasteiger partial charge in [0.25, 0.3) is 0 Å². The van der Waals surface area contributed by atoms with Crippen LogP contribution in [0.3, 0.4) is 0 Å². The van der Waals surface area contributed by atoms with Gasteiger partial charge in [-0.15, -0.1) is 0 Å². The van der Waals surface area contributed by atoms with Gasteiger partial charge in [-0.05, 0) is 6.92 Å². The molecule has 1 unspecified atom stereocenters. The Balaban J connectivity index is 2.25. The van der Waals surface area contributed by atoms with Crippen LogP contribution in [0.5, 0.6) is 0 Å². The van der Waals surface area contributed by atoms with Gasteiger partial charge in [0.15, 0.2) is 9.84 Å². The summed E-state index contributed by atoms with van der Waals surface area (Å²) < 4.78 is 25.3. The van der Waals surface area contributed by atoms with Crippen LogP contribution in [-0.2, 0) is 23.4 Å². The second-order valence-electron chi connectivity index (χ2n) is 4.81. The Morgan fingerprint density at radius 1 is 1.53 bits per heavy atom. The van der Waals surface area contributed by atoms with Crippen LogP contribution in [-0.4, -0.2) is 52.8 Å². The van der Waals surface area contributed by atoms with Crippen molar-refractivity contribution < 1.29 is 8.42 Å². The van der Waals surface area contributed by atoms with E-state index in [-0.39, 0.29) is 0 Å². The molecule has 0 aliphatic carbocycles. The fourth-order valence-electron chi connectivity index (χ4n) is 2.25. The van der Waals surface area contributed by atoms with Gasteiger partial charge < -0.3 is 0 Å². The molecule has 1 aromatic rings. The van der Waals surface area contributed by atoms with Crippen molar-refractivity contribution in [1.29, 1.82) is 0 Å². The van der Waals surface area contributed by atoms with Crippen LogP contribution < -0.4 is 0 Å². The maximum Gasteiger partial charge on any atom is 0.164 e. The molecular weight excluding hydrogens is 306 g/mol. The van der Waals surface area contributed by atoms with Crippen LogP contribution >= 0.6 is 23.4 Å². The minimum Gasteiger partial charge on any atom is -0.281 e. The molecule has 19 heavy (non-hydrogen) atoms. The van der Waals surface area contributed by atoms with Gasteiger partial charge in [0.05, 0.1) is 5.69 Å². The third kappa shape index (κ3) is 3.26. The maximum absolute atomic E-state index is 11.9. The Morgan fingerprint density at radius 3 is 2.74 bits per heavy atom. The highest BCUT2D eigenvalue weighted by Crippen LogP contribution is 2.26. The van der Waals surface area contributed by atoms with E-state index in [0.29, 0.717) is 17.5 Å². The summed E-state index contributed by atoms with van der Waals surface area (Å²) in [6, 6.07) is 0. The second kappa shape index (κ2) is 5.63. The van der Waals surface area contributed by atoms with E-state index in [2.05, 4.69) is 5.10 Å². The quantitative estimate of drug-likeness (QED) is 0.839. The molecule has 8 heteroatoms. The van der Waals surface area contributed by atoms with Gasteiger partial charge in [-0.25, -0.2) is 8.42 Å². The first-order valence-corrected chi connectivity index (χ1v) is 9.48. The standard InChI is InChI=1S/C11H18ClN3O2S2/c1-8-9(11(12)14(2)13-8)6-15-4-5-18-7-10(15)19(3,16)17/h10H,4-7H2,1-3H3. The fraction of sp³-hybridized carbons (Fsp3) is 0.727. The van der Waals surface area contributed by atoms with Crippen molar-refractivity contribution in [2.45, 2.75) is 18.8 Å². The molecular formula is C11H18ClN3O2S2. The van der Waals surface area contributed by atoms with Gasteiger partial charge in [0.1, 0.15) is 10.5 Å². The molecule has 0 bridgehead atoms. The second-order valence-corrected chi connectivity index (χ2v) is 8.52. The van der Waals surface area contributed by atoms with E-state index in [9.17, 15) is 8.42 Å². The van der Waals surface area contributed by atoms with Gasteiger partial charge in [-0.2, -0.15) is 16.9 Å². The Kier molecular flexibility index (Phi) is 4.49.